The molecule has 0 aliphatic carbocycles. The van der Waals surface area contributed by atoms with Gasteiger partial charge in [0.1, 0.15) is 0 Å². The number of hydrogen-bond donors (Lipinski definition) is 0. The van der Waals surface area contributed by atoms with Crippen LogP contribution in [0.15, 0.2) is 22.8 Å². The summed E-state index contributed by atoms with van der Waals surface area (Å²) in [5.41, 5.74) is 0. The van der Waals surface area contributed by atoms with Gasteiger partial charge in [0.25, 0.3) is 5.91 Å². The number of nitrogens with zero attached hydrogens (tertiary/aromatic N) is 2. The summed E-state index contributed by atoms with van der Waals surface area (Å²) in [6.45, 7) is 6.51. The van der Waals surface area contributed by atoms with E-state index >= 15 is 0 Å². The molecule has 2 rings (SSSR count). The summed E-state index contributed by atoms with van der Waals surface area (Å²) in [6, 6.07) is 3.46. The average molecular weight is 221 g/mol. The van der Waals surface area contributed by atoms with Crippen molar-refractivity contribution in [2.45, 2.75) is 6.92 Å². The molecule has 4 heteroatoms. The lowest BCUT2D eigenvalue weighted by Crippen LogP contribution is -2.48. The van der Waals surface area contributed by atoms with Crippen LogP contribution in [0.5, 0.6) is 0 Å². The quantitative estimate of drug-likeness (QED) is 0.771. The molecule has 1 aromatic heterocycles. The van der Waals surface area contributed by atoms with Gasteiger partial charge in [0.15, 0.2) is 5.76 Å². The Bertz CT molecular complexity index is 327. The molecule has 0 N–H and O–H groups in total. The maximum absolute atomic E-state index is 11.9. The fourth-order valence-corrected chi connectivity index (χ4v) is 1.95. The van der Waals surface area contributed by atoms with E-state index in [1.54, 1.807) is 12.1 Å². The lowest BCUT2D eigenvalue weighted by atomic mass is 10.2. The molecule has 0 spiro atoms. The zero-order valence-corrected chi connectivity index (χ0v) is 9.56. The minimum Gasteiger partial charge on any atom is -0.459 e. The Balaban J connectivity index is 1.87. The third kappa shape index (κ3) is 2.44. The van der Waals surface area contributed by atoms with Crippen molar-refractivity contribution in [3.8, 4) is 0 Å². The Kier molecular flexibility index (Phi) is 3.62. The normalized spacial score (nSPS) is 17.7. The van der Waals surface area contributed by atoms with Gasteiger partial charge in [-0.05, 0) is 18.6 Å². The number of rotatable bonds is 3. The Morgan fingerprint density at radius 1 is 1.44 bits per heavy atom. The van der Waals surface area contributed by atoms with E-state index in [2.05, 4.69) is 18.2 Å². The van der Waals surface area contributed by atoms with Crippen LogP contribution in [0.1, 0.15) is 17.5 Å². The highest BCUT2D eigenvalue weighted by Gasteiger charge is 2.22. The Morgan fingerprint density at radius 2 is 2.19 bits per heavy atom. The van der Waals surface area contributed by atoms with Gasteiger partial charge in [-0.1, -0.05) is 6.92 Å². The van der Waals surface area contributed by atoms with Crippen LogP contribution in [0.25, 0.3) is 0 Å². The molecule has 87 valence electrons. The Labute approximate surface area is 95.8 Å². The molecule has 0 atom stereocenters. The molecule has 4 nitrogen and oxygen atoms in total. The molecule has 1 amide bonds. The summed E-state index contributed by atoms with van der Waals surface area (Å²) in [5, 5.41) is 0. The van der Waals surface area contributed by atoms with Crippen LogP contribution >= 0.6 is 0 Å². The fourth-order valence-electron chi connectivity index (χ4n) is 1.95. The van der Waals surface area contributed by atoms with E-state index in [9.17, 15) is 4.79 Å². The fraction of sp³-hybridized carbons (Fsp3) is 0.500. The van der Waals surface area contributed by atoms with E-state index in [0.717, 1.165) is 32.7 Å². The monoisotopic (exact) mass is 221 g/mol. The molecular formula is C12H17N2O2. The van der Waals surface area contributed by atoms with Crippen LogP contribution in [0, 0.1) is 6.42 Å². The van der Waals surface area contributed by atoms with Crippen LogP contribution in [0.2, 0.25) is 0 Å². The van der Waals surface area contributed by atoms with E-state index in [0.29, 0.717) is 5.76 Å². The van der Waals surface area contributed by atoms with Crippen LogP contribution in [-0.2, 0) is 0 Å². The highest BCUT2D eigenvalue weighted by Crippen LogP contribution is 2.09. The second-order valence-corrected chi connectivity index (χ2v) is 3.98. The number of furan rings is 1. The number of carbonyl (C=O) groups excluding carboxylic acids is 1. The molecule has 1 saturated heterocycles. The molecule has 1 fully saturated rings. The molecule has 16 heavy (non-hydrogen) atoms. The molecule has 1 aliphatic rings. The number of amides is 1. The highest BCUT2D eigenvalue weighted by molar-refractivity contribution is 5.91. The molecule has 1 aromatic rings. The second-order valence-electron chi connectivity index (χ2n) is 3.98. The molecule has 1 radical (unpaired) electrons. The zero-order valence-electron chi connectivity index (χ0n) is 9.56. The van der Waals surface area contributed by atoms with E-state index in [1.165, 1.54) is 6.26 Å². The van der Waals surface area contributed by atoms with Crippen LogP contribution in [0.4, 0.5) is 0 Å². The van der Waals surface area contributed by atoms with Gasteiger partial charge in [-0.25, -0.2) is 0 Å². The summed E-state index contributed by atoms with van der Waals surface area (Å²) < 4.78 is 5.11. The van der Waals surface area contributed by atoms with Crippen LogP contribution in [0.3, 0.4) is 0 Å². The van der Waals surface area contributed by atoms with Gasteiger partial charge >= 0.3 is 0 Å². The third-order valence-corrected chi connectivity index (χ3v) is 2.83. The van der Waals surface area contributed by atoms with E-state index in [-0.39, 0.29) is 5.91 Å². The summed E-state index contributed by atoms with van der Waals surface area (Å²) in [4.78, 5) is 16.1. The maximum Gasteiger partial charge on any atom is 0.289 e. The standard InChI is InChI=1S/C12H17N2O2/c1-2-5-13-6-8-14(9-7-13)12(15)11-4-3-10-16-11/h2-4,10H,5-9H2,1H3. The van der Waals surface area contributed by atoms with Gasteiger partial charge in [0.05, 0.1) is 6.26 Å². The second kappa shape index (κ2) is 5.16. The predicted octanol–water partition coefficient (Wildman–Crippen LogP) is 1.26. The Hall–Kier alpha value is -1.29. The average Bonchev–Trinajstić information content (AvgIpc) is 2.83. The van der Waals surface area contributed by atoms with Crippen molar-refractivity contribution >= 4 is 5.91 Å². The zero-order chi connectivity index (χ0) is 11.4. The summed E-state index contributed by atoms with van der Waals surface area (Å²) in [7, 11) is 0. The molecule has 1 aliphatic heterocycles. The molecule has 0 bridgehead atoms. The Morgan fingerprint density at radius 3 is 2.75 bits per heavy atom. The molecule has 2 heterocycles. The van der Waals surface area contributed by atoms with Gasteiger partial charge in [0.2, 0.25) is 0 Å². The van der Waals surface area contributed by atoms with E-state index < -0.39 is 0 Å². The maximum atomic E-state index is 11.9. The van der Waals surface area contributed by atoms with Gasteiger partial charge in [0, 0.05) is 32.7 Å². The number of hydrogen-bond acceptors (Lipinski definition) is 3. The number of carbonyl (C=O) groups is 1. The smallest absolute Gasteiger partial charge is 0.289 e. The molecule has 0 saturated carbocycles. The van der Waals surface area contributed by atoms with Crippen molar-refractivity contribution in [3.63, 3.8) is 0 Å². The van der Waals surface area contributed by atoms with E-state index in [4.69, 9.17) is 4.42 Å². The van der Waals surface area contributed by atoms with Crippen LogP contribution < -0.4 is 0 Å². The van der Waals surface area contributed by atoms with Crippen molar-refractivity contribution in [1.82, 2.24) is 9.80 Å². The largest absolute Gasteiger partial charge is 0.459 e. The van der Waals surface area contributed by atoms with Gasteiger partial charge in [-0.15, -0.1) is 0 Å². The van der Waals surface area contributed by atoms with Gasteiger partial charge in [-0.2, -0.15) is 0 Å². The van der Waals surface area contributed by atoms with Crippen molar-refractivity contribution in [3.05, 3.63) is 30.6 Å². The summed E-state index contributed by atoms with van der Waals surface area (Å²) >= 11 is 0. The van der Waals surface area contributed by atoms with Crippen molar-refractivity contribution in [2.75, 3.05) is 32.7 Å². The third-order valence-electron chi connectivity index (χ3n) is 2.83. The lowest BCUT2D eigenvalue weighted by Gasteiger charge is -2.34. The first-order valence-electron chi connectivity index (χ1n) is 5.64. The van der Waals surface area contributed by atoms with Crippen molar-refractivity contribution < 1.29 is 9.21 Å². The SMILES string of the molecule is C[CH]CN1CCN(C(=O)c2ccco2)CC1. The first-order valence-corrected chi connectivity index (χ1v) is 5.64. The molecule has 0 unspecified atom stereocenters. The minimum atomic E-state index is 0.00475. The van der Waals surface area contributed by atoms with Crippen molar-refractivity contribution in [2.24, 2.45) is 0 Å². The summed E-state index contributed by atoms with van der Waals surface area (Å²) in [5.74, 6) is 0.445. The van der Waals surface area contributed by atoms with Gasteiger partial charge < -0.3 is 9.32 Å². The lowest BCUT2D eigenvalue weighted by molar-refractivity contribution is 0.0615. The topological polar surface area (TPSA) is 36.7 Å². The molecule has 0 aromatic carbocycles. The number of piperazine rings is 1. The first-order chi connectivity index (χ1) is 7.81. The minimum absolute atomic E-state index is 0.00475. The van der Waals surface area contributed by atoms with Crippen LogP contribution in [-0.4, -0.2) is 48.4 Å². The highest BCUT2D eigenvalue weighted by atomic mass is 16.3. The van der Waals surface area contributed by atoms with E-state index in [1.807, 2.05) is 4.90 Å². The predicted molar refractivity (Wildman–Crippen MR) is 61.0 cm³/mol. The molecular weight excluding hydrogens is 204 g/mol. The van der Waals surface area contributed by atoms with Crippen molar-refractivity contribution in [1.29, 1.82) is 0 Å². The van der Waals surface area contributed by atoms with Gasteiger partial charge in [-0.3, -0.25) is 9.69 Å². The first kappa shape index (κ1) is 11.2. The summed E-state index contributed by atoms with van der Waals surface area (Å²) in [6.07, 6.45) is 3.68.